The van der Waals surface area contributed by atoms with E-state index in [1.807, 2.05) is 0 Å². The lowest BCUT2D eigenvalue weighted by atomic mass is 10.0. The minimum absolute atomic E-state index is 0.209. The van der Waals surface area contributed by atoms with Crippen molar-refractivity contribution in [2.75, 3.05) is 25.1 Å². The predicted molar refractivity (Wildman–Crippen MR) is 126 cm³/mol. The Kier molecular flexibility index (Phi) is 13.0. The first-order chi connectivity index (χ1) is 15.7. The normalized spacial score (nSPS) is 11.8. The van der Waals surface area contributed by atoms with Crippen LogP contribution in [0.4, 0.5) is 5.95 Å². The Morgan fingerprint density at radius 3 is 2.12 bits per heavy atom. The molecule has 1 atom stereocenters. The molecule has 2 rings (SSSR count). The van der Waals surface area contributed by atoms with Crippen LogP contribution in [-0.4, -0.2) is 52.0 Å². The van der Waals surface area contributed by atoms with E-state index in [1.54, 1.807) is 0 Å². The van der Waals surface area contributed by atoms with E-state index in [1.165, 1.54) is 75.7 Å². The fourth-order valence-corrected chi connectivity index (χ4v) is 3.37. The van der Waals surface area contributed by atoms with Crippen LogP contribution < -0.4 is 5.32 Å². The minimum atomic E-state index is -1.08. The number of aryl methyl sites for hydroxylation is 1. The van der Waals surface area contributed by atoms with E-state index in [4.69, 9.17) is 9.84 Å². The zero-order chi connectivity index (χ0) is 22.9. The van der Waals surface area contributed by atoms with Crippen LogP contribution >= 0.6 is 0 Å². The second-order valence-electron chi connectivity index (χ2n) is 8.07. The third kappa shape index (κ3) is 11.2. The van der Waals surface area contributed by atoms with Crippen molar-refractivity contribution in [2.45, 2.75) is 70.3 Å². The lowest BCUT2D eigenvalue weighted by Crippen LogP contribution is -2.22. The van der Waals surface area contributed by atoms with Gasteiger partial charge in [0.2, 0.25) is 5.95 Å². The zero-order valence-corrected chi connectivity index (χ0v) is 18.9. The topological polar surface area (TPSA) is 105 Å². The van der Waals surface area contributed by atoms with Crippen molar-refractivity contribution in [3.05, 3.63) is 53.9 Å². The van der Waals surface area contributed by atoms with Crippen LogP contribution in [0.3, 0.4) is 0 Å². The minimum Gasteiger partial charge on any atom is -0.459 e. The molecule has 0 saturated carbocycles. The van der Waals surface area contributed by atoms with Gasteiger partial charge in [-0.15, -0.1) is 0 Å². The van der Waals surface area contributed by atoms with Crippen molar-refractivity contribution in [2.24, 2.45) is 0 Å². The summed E-state index contributed by atoms with van der Waals surface area (Å²) in [5.41, 5.74) is 1.65. The number of hydrogen-bond acceptors (Lipinski definition) is 7. The molecule has 0 aliphatic heterocycles. The summed E-state index contributed by atoms with van der Waals surface area (Å²) in [5.74, 6) is -0.146. The van der Waals surface area contributed by atoms with Gasteiger partial charge in [-0.05, 0) is 24.8 Å². The van der Waals surface area contributed by atoms with Crippen molar-refractivity contribution in [3.63, 3.8) is 0 Å². The van der Waals surface area contributed by atoms with E-state index in [9.17, 15) is 9.90 Å². The molecule has 0 fully saturated rings. The van der Waals surface area contributed by atoms with Crippen LogP contribution in [0.5, 0.6) is 0 Å². The fourth-order valence-electron chi connectivity index (χ4n) is 3.37. The molecule has 2 aromatic rings. The van der Waals surface area contributed by atoms with Gasteiger partial charge >= 0.3 is 5.97 Å². The van der Waals surface area contributed by atoms with E-state index in [-0.39, 0.29) is 12.2 Å². The van der Waals surface area contributed by atoms with Gasteiger partial charge in [0.15, 0.2) is 0 Å². The van der Waals surface area contributed by atoms with Crippen LogP contribution in [0, 0.1) is 0 Å². The highest BCUT2D eigenvalue weighted by atomic mass is 16.5. The van der Waals surface area contributed by atoms with Crippen molar-refractivity contribution in [1.82, 2.24) is 9.97 Å². The Bertz CT molecular complexity index is 741. The molecular weight excluding hydrogens is 406 g/mol. The van der Waals surface area contributed by atoms with Crippen LogP contribution in [-0.2, 0) is 11.2 Å². The lowest BCUT2D eigenvalue weighted by Gasteiger charge is -2.08. The maximum atomic E-state index is 11.8. The number of nitrogens with zero attached hydrogens (tertiary/aromatic N) is 2. The first-order valence-corrected chi connectivity index (χ1v) is 11.7. The number of hydrogen-bond donors (Lipinski definition) is 3. The van der Waals surface area contributed by atoms with Gasteiger partial charge in [-0.2, -0.15) is 0 Å². The summed E-state index contributed by atoms with van der Waals surface area (Å²) in [5, 5.41) is 21.1. The van der Waals surface area contributed by atoms with E-state index < -0.39 is 18.7 Å². The number of carbonyl (C=O) groups is 1. The molecular formula is C25H37N3O4. The summed E-state index contributed by atoms with van der Waals surface area (Å²) in [6.45, 7) is 0.0807. The summed E-state index contributed by atoms with van der Waals surface area (Å²) in [7, 11) is 0. The van der Waals surface area contributed by atoms with E-state index in [0.717, 1.165) is 13.0 Å². The first-order valence-electron chi connectivity index (χ1n) is 11.7. The number of nitrogens with one attached hydrogen (secondary N) is 1. The van der Waals surface area contributed by atoms with E-state index in [2.05, 4.69) is 45.6 Å². The molecule has 32 heavy (non-hydrogen) atoms. The van der Waals surface area contributed by atoms with E-state index >= 15 is 0 Å². The van der Waals surface area contributed by atoms with Crippen molar-refractivity contribution in [3.8, 4) is 0 Å². The number of benzene rings is 1. The highest BCUT2D eigenvalue weighted by Gasteiger charge is 2.11. The average molecular weight is 444 g/mol. The van der Waals surface area contributed by atoms with E-state index in [0.29, 0.717) is 5.95 Å². The number of carbonyl (C=O) groups excluding carboxylic acids is 1. The van der Waals surface area contributed by atoms with Gasteiger partial charge in [0.25, 0.3) is 0 Å². The summed E-state index contributed by atoms with van der Waals surface area (Å²) in [4.78, 5) is 20.0. The molecule has 176 valence electrons. The lowest BCUT2D eigenvalue weighted by molar-refractivity contribution is 0.00927. The first kappa shape index (κ1) is 25.7. The molecule has 7 nitrogen and oxygen atoms in total. The Morgan fingerprint density at radius 2 is 1.50 bits per heavy atom. The Morgan fingerprint density at radius 1 is 0.906 bits per heavy atom. The van der Waals surface area contributed by atoms with Crippen molar-refractivity contribution in [1.29, 1.82) is 0 Å². The number of rotatable bonds is 17. The molecule has 0 aliphatic carbocycles. The highest BCUT2D eigenvalue weighted by molar-refractivity contribution is 5.88. The van der Waals surface area contributed by atoms with Crippen LogP contribution in [0.15, 0.2) is 42.7 Å². The monoisotopic (exact) mass is 443 g/mol. The maximum Gasteiger partial charge on any atom is 0.341 e. The standard InChI is InChI=1S/C25H37N3O4/c29-19-23(30)20-32-24(31)22-17-27-25(28-18-22)26-16-12-7-5-3-1-2-4-6-9-13-21-14-10-8-11-15-21/h8,10-11,14-15,17-18,23,29-30H,1-7,9,12-13,16,19-20H2,(H,26,27,28). The second kappa shape index (κ2) is 16.2. The number of anilines is 1. The van der Waals surface area contributed by atoms with Gasteiger partial charge in [-0.3, -0.25) is 0 Å². The highest BCUT2D eigenvalue weighted by Crippen LogP contribution is 2.12. The summed E-state index contributed by atoms with van der Waals surface area (Å²) in [6.07, 6.45) is 14.2. The maximum absolute atomic E-state index is 11.8. The number of unbranched alkanes of at least 4 members (excludes halogenated alkanes) is 8. The number of aromatic nitrogens is 2. The molecule has 1 heterocycles. The molecule has 1 unspecified atom stereocenters. The third-order valence-electron chi connectivity index (χ3n) is 5.27. The molecule has 0 bridgehead atoms. The van der Waals surface area contributed by atoms with Crippen LogP contribution in [0.25, 0.3) is 0 Å². The van der Waals surface area contributed by atoms with Gasteiger partial charge in [-0.25, -0.2) is 14.8 Å². The molecule has 1 aromatic heterocycles. The fraction of sp³-hybridized carbons (Fsp3) is 0.560. The largest absolute Gasteiger partial charge is 0.459 e. The third-order valence-corrected chi connectivity index (χ3v) is 5.27. The quantitative estimate of drug-likeness (QED) is 0.249. The van der Waals surface area contributed by atoms with Gasteiger partial charge in [0, 0.05) is 18.9 Å². The van der Waals surface area contributed by atoms with Gasteiger partial charge in [0.1, 0.15) is 12.7 Å². The molecule has 0 saturated heterocycles. The second-order valence-corrected chi connectivity index (χ2v) is 8.07. The van der Waals surface area contributed by atoms with Gasteiger partial charge in [0.05, 0.1) is 12.2 Å². The van der Waals surface area contributed by atoms with Crippen LogP contribution in [0.2, 0.25) is 0 Å². The van der Waals surface area contributed by atoms with Gasteiger partial charge in [-0.1, -0.05) is 75.3 Å². The molecule has 0 aliphatic rings. The number of aliphatic hydroxyl groups is 2. The molecule has 1 aromatic carbocycles. The van der Waals surface area contributed by atoms with Crippen LogP contribution in [0.1, 0.15) is 73.7 Å². The molecule has 0 spiro atoms. The number of ether oxygens (including phenoxy) is 1. The number of aliphatic hydroxyl groups excluding tert-OH is 2. The summed E-state index contributed by atoms with van der Waals surface area (Å²) in [6, 6.07) is 10.7. The predicted octanol–water partition coefficient (Wildman–Crippen LogP) is 4.15. The number of esters is 1. The zero-order valence-electron chi connectivity index (χ0n) is 18.9. The smallest absolute Gasteiger partial charge is 0.341 e. The summed E-state index contributed by atoms with van der Waals surface area (Å²) >= 11 is 0. The molecule has 0 radical (unpaired) electrons. The molecule has 3 N–H and O–H groups in total. The Balaban J connectivity index is 1.42. The summed E-state index contributed by atoms with van der Waals surface area (Å²) < 4.78 is 4.86. The SMILES string of the molecule is O=C(OCC(O)CO)c1cnc(NCCCCCCCCCCCc2ccccc2)nc1. The Labute approximate surface area is 191 Å². The average Bonchev–Trinajstić information content (AvgIpc) is 2.84. The molecule has 0 amide bonds. The molecule has 7 heteroatoms. The van der Waals surface area contributed by atoms with Crippen molar-refractivity contribution >= 4 is 11.9 Å². The Hall–Kier alpha value is -2.51. The van der Waals surface area contributed by atoms with Crippen molar-refractivity contribution < 1.29 is 19.7 Å². The van der Waals surface area contributed by atoms with Gasteiger partial charge < -0.3 is 20.3 Å².